The number of tetrazole rings is 1. The average Bonchev–Trinajstić information content (AvgIpc) is 3.17. The first-order chi connectivity index (χ1) is 10.1. The summed E-state index contributed by atoms with van der Waals surface area (Å²) in [6.45, 7) is 1.77. The van der Waals surface area contributed by atoms with Gasteiger partial charge in [0.2, 0.25) is 0 Å². The molecule has 1 aromatic heterocycles. The molecule has 21 heavy (non-hydrogen) atoms. The van der Waals surface area contributed by atoms with Crippen molar-refractivity contribution in [2.24, 2.45) is 0 Å². The summed E-state index contributed by atoms with van der Waals surface area (Å²) in [5.41, 5.74) is 1.22. The number of hydrogen-bond acceptors (Lipinski definition) is 5. The Morgan fingerprint density at radius 2 is 2.10 bits per heavy atom. The van der Waals surface area contributed by atoms with Gasteiger partial charge in [-0.05, 0) is 48.4 Å². The van der Waals surface area contributed by atoms with E-state index in [1.54, 1.807) is 29.8 Å². The molecular formula is C13H14N6O2. The van der Waals surface area contributed by atoms with Crippen molar-refractivity contribution in [1.82, 2.24) is 25.5 Å². The van der Waals surface area contributed by atoms with Gasteiger partial charge in [0, 0.05) is 11.7 Å². The van der Waals surface area contributed by atoms with Gasteiger partial charge in [0.1, 0.15) is 0 Å². The molecule has 0 unspecified atom stereocenters. The SMILES string of the molecule is Cc1nnnn1-c1cccc(NC(=O)C(=O)NC2CC2)c1. The van der Waals surface area contributed by atoms with Crippen LogP contribution < -0.4 is 10.6 Å². The second-order valence-electron chi connectivity index (χ2n) is 4.89. The summed E-state index contributed by atoms with van der Waals surface area (Å²) in [5, 5.41) is 16.4. The zero-order valence-electron chi connectivity index (χ0n) is 11.4. The predicted octanol–water partition coefficient (Wildman–Crippen LogP) is 0.188. The Kier molecular flexibility index (Phi) is 3.35. The summed E-state index contributed by atoms with van der Waals surface area (Å²) in [6.07, 6.45) is 1.88. The Bertz CT molecular complexity index is 691. The summed E-state index contributed by atoms with van der Waals surface area (Å²) in [5.74, 6) is -0.654. The number of benzene rings is 1. The van der Waals surface area contributed by atoms with Gasteiger partial charge in [-0.25, -0.2) is 0 Å². The van der Waals surface area contributed by atoms with Crippen molar-refractivity contribution in [2.75, 3.05) is 5.32 Å². The Morgan fingerprint density at radius 1 is 1.29 bits per heavy atom. The zero-order chi connectivity index (χ0) is 14.8. The van der Waals surface area contributed by atoms with Crippen LogP contribution in [-0.4, -0.2) is 38.1 Å². The minimum atomic E-state index is -0.674. The molecule has 1 aromatic carbocycles. The summed E-state index contributed by atoms with van der Waals surface area (Å²) < 4.78 is 1.54. The Morgan fingerprint density at radius 3 is 2.76 bits per heavy atom. The molecule has 2 N–H and O–H groups in total. The van der Waals surface area contributed by atoms with Gasteiger partial charge in [0.15, 0.2) is 5.82 Å². The third-order valence-electron chi connectivity index (χ3n) is 3.09. The maximum atomic E-state index is 11.8. The number of aromatic nitrogens is 4. The smallest absolute Gasteiger partial charge is 0.313 e. The predicted molar refractivity (Wildman–Crippen MR) is 73.7 cm³/mol. The summed E-state index contributed by atoms with van der Waals surface area (Å²) in [7, 11) is 0. The zero-order valence-corrected chi connectivity index (χ0v) is 11.4. The van der Waals surface area contributed by atoms with E-state index in [1.807, 2.05) is 6.07 Å². The molecule has 0 spiro atoms. The van der Waals surface area contributed by atoms with E-state index < -0.39 is 11.8 Å². The number of carbonyl (C=O) groups excluding carboxylic acids is 2. The molecule has 2 aromatic rings. The van der Waals surface area contributed by atoms with E-state index in [1.165, 1.54) is 0 Å². The molecule has 0 radical (unpaired) electrons. The van der Waals surface area contributed by atoms with Gasteiger partial charge in [-0.1, -0.05) is 6.07 Å². The van der Waals surface area contributed by atoms with E-state index in [0.29, 0.717) is 17.2 Å². The highest BCUT2D eigenvalue weighted by Crippen LogP contribution is 2.18. The molecule has 108 valence electrons. The van der Waals surface area contributed by atoms with Crippen LogP contribution in [0.25, 0.3) is 5.69 Å². The van der Waals surface area contributed by atoms with Gasteiger partial charge in [-0.2, -0.15) is 4.68 Å². The van der Waals surface area contributed by atoms with Crippen LogP contribution in [0.15, 0.2) is 24.3 Å². The van der Waals surface area contributed by atoms with Gasteiger partial charge < -0.3 is 10.6 Å². The van der Waals surface area contributed by atoms with Crippen LogP contribution in [0, 0.1) is 6.92 Å². The van der Waals surface area contributed by atoms with Gasteiger partial charge in [0.25, 0.3) is 0 Å². The lowest BCUT2D eigenvalue weighted by Crippen LogP contribution is -2.36. The van der Waals surface area contributed by atoms with E-state index in [9.17, 15) is 9.59 Å². The Labute approximate surface area is 120 Å². The normalized spacial score (nSPS) is 13.8. The monoisotopic (exact) mass is 286 g/mol. The third kappa shape index (κ3) is 3.04. The molecule has 0 bridgehead atoms. The molecule has 0 atom stereocenters. The van der Waals surface area contributed by atoms with Crippen molar-refractivity contribution < 1.29 is 9.59 Å². The number of amides is 2. The summed E-state index contributed by atoms with van der Waals surface area (Å²) in [4.78, 5) is 23.4. The van der Waals surface area contributed by atoms with Crippen LogP contribution in [-0.2, 0) is 9.59 Å². The maximum Gasteiger partial charge on any atom is 0.313 e. The van der Waals surface area contributed by atoms with Gasteiger partial charge >= 0.3 is 11.8 Å². The molecule has 1 heterocycles. The fraction of sp³-hybridized carbons (Fsp3) is 0.308. The molecule has 0 saturated heterocycles. The first-order valence-electron chi connectivity index (χ1n) is 6.61. The van der Waals surface area contributed by atoms with Crippen LogP contribution in [0.4, 0.5) is 5.69 Å². The second kappa shape index (κ2) is 5.31. The van der Waals surface area contributed by atoms with Gasteiger partial charge in [-0.15, -0.1) is 5.10 Å². The van der Waals surface area contributed by atoms with Crippen molar-refractivity contribution in [3.63, 3.8) is 0 Å². The number of hydrogen-bond donors (Lipinski definition) is 2. The van der Waals surface area contributed by atoms with Gasteiger partial charge in [0.05, 0.1) is 5.69 Å². The Hall–Kier alpha value is -2.77. The number of aryl methyl sites for hydroxylation is 1. The van der Waals surface area contributed by atoms with Crippen LogP contribution in [0.3, 0.4) is 0 Å². The number of carbonyl (C=O) groups is 2. The average molecular weight is 286 g/mol. The lowest BCUT2D eigenvalue weighted by atomic mass is 10.2. The van der Waals surface area contributed by atoms with Crippen molar-refractivity contribution in [3.8, 4) is 5.69 Å². The van der Waals surface area contributed by atoms with Crippen LogP contribution in [0.1, 0.15) is 18.7 Å². The largest absolute Gasteiger partial charge is 0.345 e. The molecule has 1 aliphatic rings. The van der Waals surface area contributed by atoms with Gasteiger partial charge in [-0.3, -0.25) is 9.59 Å². The number of anilines is 1. The van der Waals surface area contributed by atoms with Crippen molar-refractivity contribution in [1.29, 1.82) is 0 Å². The minimum absolute atomic E-state index is 0.151. The minimum Gasteiger partial charge on any atom is -0.345 e. The van der Waals surface area contributed by atoms with E-state index >= 15 is 0 Å². The fourth-order valence-corrected chi connectivity index (χ4v) is 1.85. The maximum absolute atomic E-state index is 11.8. The fourth-order valence-electron chi connectivity index (χ4n) is 1.85. The first-order valence-corrected chi connectivity index (χ1v) is 6.61. The molecule has 1 fully saturated rings. The highest BCUT2D eigenvalue weighted by atomic mass is 16.2. The van der Waals surface area contributed by atoms with E-state index in [2.05, 4.69) is 26.2 Å². The summed E-state index contributed by atoms with van der Waals surface area (Å²) in [6, 6.07) is 7.11. The van der Waals surface area contributed by atoms with Crippen molar-refractivity contribution >= 4 is 17.5 Å². The molecular weight excluding hydrogens is 272 g/mol. The van der Waals surface area contributed by atoms with E-state index in [4.69, 9.17) is 0 Å². The standard InChI is InChI=1S/C13H14N6O2/c1-8-16-17-18-19(8)11-4-2-3-10(7-11)15-13(21)12(20)14-9-5-6-9/h2-4,7,9H,5-6H2,1H3,(H,14,20)(H,15,21). The Balaban J connectivity index is 1.72. The molecule has 8 heteroatoms. The molecule has 1 saturated carbocycles. The lowest BCUT2D eigenvalue weighted by Gasteiger charge is -2.07. The third-order valence-corrected chi connectivity index (χ3v) is 3.09. The van der Waals surface area contributed by atoms with Crippen LogP contribution in [0.5, 0.6) is 0 Å². The first kappa shape index (κ1) is 13.2. The number of nitrogens with zero attached hydrogens (tertiary/aromatic N) is 4. The van der Waals surface area contributed by atoms with E-state index in [0.717, 1.165) is 12.8 Å². The summed E-state index contributed by atoms with van der Waals surface area (Å²) >= 11 is 0. The molecule has 2 amide bonds. The van der Waals surface area contributed by atoms with E-state index in [-0.39, 0.29) is 6.04 Å². The molecule has 0 aliphatic heterocycles. The molecule has 1 aliphatic carbocycles. The van der Waals surface area contributed by atoms with Crippen LogP contribution >= 0.6 is 0 Å². The second-order valence-corrected chi connectivity index (χ2v) is 4.89. The molecule has 3 rings (SSSR count). The number of nitrogens with one attached hydrogen (secondary N) is 2. The van der Waals surface area contributed by atoms with Crippen molar-refractivity contribution in [2.45, 2.75) is 25.8 Å². The quantitative estimate of drug-likeness (QED) is 0.784. The van der Waals surface area contributed by atoms with Crippen LogP contribution in [0.2, 0.25) is 0 Å². The topological polar surface area (TPSA) is 102 Å². The molecule has 8 nitrogen and oxygen atoms in total. The number of rotatable bonds is 3. The highest BCUT2D eigenvalue weighted by Gasteiger charge is 2.26. The lowest BCUT2D eigenvalue weighted by molar-refractivity contribution is -0.136. The highest BCUT2D eigenvalue weighted by molar-refractivity contribution is 6.39. The van der Waals surface area contributed by atoms with Crippen molar-refractivity contribution in [3.05, 3.63) is 30.1 Å².